The fourth-order valence-electron chi connectivity index (χ4n) is 1.03. The van der Waals surface area contributed by atoms with Gasteiger partial charge in [0.1, 0.15) is 0 Å². The monoisotopic (exact) mass is 302 g/mol. The Hall–Kier alpha value is -1.21. The number of aromatic nitrogens is 2. The zero-order valence-electron chi connectivity index (χ0n) is 8.27. The SMILES string of the molecule is CCOC(=O)c1nnc(-c2ccc(Br)s2)o1. The lowest BCUT2D eigenvalue weighted by Gasteiger charge is -1.93. The van der Waals surface area contributed by atoms with E-state index in [2.05, 4.69) is 26.1 Å². The molecule has 84 valence electrons. The molecule has 2 aromatic heterocycles. The fraction of sp³-hybridized carbons (Fsp3) is 0.222. The Bertz CT molecular complexity index is 508. The summed E-state index contributed by atoms with van der Waals surface area (Å²) in [5.74, 6) is -0.406. The summed E-state index contributed by atoms with van der Waals surface area (Å²) in [7, 11) is 0. The van der Waals surface area contributed by atoms with Crippen LogP contribution in [0.3, 0.4) is 0 Å². The third-order valence-corrected chi connectivity index (χ3v) is 3.27. The van der Waals surface area contributed by atoms with E-state index >= 15 is 0 Å². The van der Waals surface area contributed by atoms with Crippen LogP contribution in [0.4, 0.5) is 0 Å². The van der Waals surface area contributed by atoms with Gasteiger partial charge in [-0.05, 0) is 35.0 Å². The Morgan fingerprint density at radius 2 is 2.38 bits per heavy atom. The van der Waals surface area contributed by atoms with Crippen LogP contribution in [0.25, 0.3) is 10.8 Å². The maximum Gasteiger partial charge on any atom is 0.396 e. The molecular formula is C9H7BrN2O3S. The van der Waals surface area contributed by atoms with Gasteiger partial charge in [-0.15, -0.1) is 21.5 Å². The van der Waals surface area contributed by atoms with Crippen LogP contribution in [0, 0.1) is 0 Å². The number of carbonyl (C=O) groups is 1. The van der Waals surface area contributed by atoms with Crippen molar-refractivity contribution in [2.75, 3.05) is 6.61 Å². The first-order chi connectivity index (χ1) is 7.70. The van der Waals surface area contributed by atoms with Crippen LogP contribution >= 0.6 is 27.3 Å². The van der Waals surface area contributed by atoms with E-state index in [-0.39, 0.29) is 12.5 Å². The highest BCUT2D eigenvalue weighted by Crippen LogP contribution is 2.30. The summed E-state index contributed by atoms with van der Waals surface area (Å²) < 4.78 is 10.9. The molecule has 2 heterocycles. The number of esters is 1. The van der Waals surface area contributed by atoms with Crippen molar-refractivity contribution >= 4 is 33.2 Å². The summed E-state index contributed by atoms with van der Waals surface area (Å²) >= 11 is 4.77. The van der Waals surface area contributed by atoms with Gasteiger partial charge in [0.05, 0.1) is 15.3 Å². The van der Waals surface area contributed by atoms with Gasteiger partial charge >= 0.3 is 11.9 Å². The van der Waals surface area contributed by atoms with E-state index in [1.807, 2.05) is 12.1 Å². The van der Waals surface area contributed by atoms with Crippen LogP contribution in [-0.2, 0) is 4.74 Å². The number of rotatable bonds is 3. The van der Waals surface area contributed by atoms with Crippen molar-refractivity contribution in [1.82, 2.24) is 10.2 Å². The summed E-state index contributed by atoms with van der Waals surface area (Å²) in [6.45, 7) is 1.99. The second-order valence-corrected chi connectivity index (χ2v) is 5.20. The lowest BCUT2D eigenvalue weighted by molar-refractivity contribution is 0.0481. The van der Waals surface area contributed by atoms with E-state index in [9.17, 15) is 4.79 Å². The molecule has 0 aliphatic carbocycles. The molecule has 0 amide bonds. The Balaban J connectivity index is 2.22. The van der Waals surface area contributed by atoms with Gasteiger partial charge in [0.2, 0.25) is 0 Å². The number of hydrogen-bond donors (Lipinski definition) is 0. The van der Waals surface area contributed by atoms with Crippen LogP contribution in [0.1, 0.15) is 17.6 Å². The molecule has 16 heavy (non-hydrogen) atoms. The maximum absolute atomic E-state index is 11.3. The van der Waals surface area contributed by atoms with E-state index in [4.69, 9.17) is 9.15 Å². The molecule has 0 N–H and O–H groups in total. The van der Waals surface area contributed by atoms with E-state index in [1.165, 1.54) is 11.3 Å². The first kappa shape index (κ1) is 11.3. The highest BCUT2D eigenvalue weighted by Gasteiger charge is 2.17. The molecule has 0 spiro atoms. The molecule has 7 heteroatoms. The lowest BCUT2D eigenvalue weighted by Crippen LogP contribution is -2.04. The van der Waals surface area contributed by atoms with E-state index in [0.717, 1.165) is 8.66 Å². The van der Waals surface area contributed by atoms with Crippen molar-refractivity contribution in [2.45, 2.75) is 6.92 Å². The predicted octanol–water partition coefficient (Wildman–Crippen LogP) is 2.74. The molecule has 0 aliphatic heterocycles. The van der Waals surface area contributed by atoms with Crippen molar-refractivity contribution < 1.29 is 13.9 Å². The summed E-state index contributed by atoms with van der Waals surface area (Å²) in [6.07, 6.45) is 0. The third-order valence-electron chi connectivity index (χ3n) is 1.66. The van der Waals surface area contributed by atoms with Gasteiger partial charge in [-0.25, -0.2) is 4.79 Å². The van der Waals surface area contributed by atoms with Crippen molar-refractivity contribution in [3.05, 3.63) is 21.8 Å². The Morgan fingerprint density at radius 3 is 3.00 bits per heavy atom. The van der Waals surface area contributed by atoms with E-state index in [1.54, 1.807) is 6.92 Å². The van der Waals surface area contributed by atoms with Gasteiger partial charge in [0, 0.05) is 0 Å². The molecule has 2 rings (SSSR count). The number of hydrogen-bond acceptors (Lipinski definition) is 6. The minimum atomic E-state index is -0.600. The average molecular weight is 303 g/mol. The molecule has 0 aromatic carbocycles. The van der Waals surface area contributed by atoms with Gasteiger partial charge in [0.15, 0.2) is 0 Å². The van der Waals surface area contributed by atoms with Crippen molar-refractivity contribution in [1.29, 1.82) is 0 Å². The number of thiophene rings is 1. The van der Waals surface area contributed by atoms with E-state index in [0.29, 0.717) is 5.89 Å². The minimum Gasteiger partial charge on any atom is -0.459 e. The molecule has 0 radical (unpaired) electrons. The van der Waals surface area contributed by atoms with Crippen LogP contribution in [0.15, 0.2) is 20.3 Å². The fourth-order valence-corrected chi connectivity index (χ4v) is 2.33. The first-order valence-electron chi connectivity index (χ1n) is 4.47. The second kappa shape index (κ2) is 4.75. The number of ether oxygens (including phenoxy) is 1. The average Bonchev–Trinajstić information content (AvgIpc) is 2.85. The molecule has 0 saturated heterocycles. The third kappa shape index (κ3) is 2.30. The zero-order chi connectivity index (χ0) is 11.5. The first-order valence-corrected chi connectivity index (χ1v) is 6.08. The normalized spacial score (nSPS) is 10.4. The smallest absolute Gasteiger partial charge is 0.396 e. The second-order valence-electron chi connectivity index (χ2n) is 2.74. The molecule has 2 aromatic rings. The Kier molecular flexibility index (Phi) is 3.35. The Labute approximate surface area is 104 Å². The van der Waals surface area contributed by atoms with Crippen LogP contribution < -0.4 is 0 Å². The molecular weight excluding hydrogens is 296 g/mol. The minimum absolute atomic E-state index is 0.124. The number of halogens is 1. The molecule has 0 saturated carbocycles. The van der Waals surface area contributed by atoms with Gasteiger partial charge in [0.25, 0.3) is 5.89 Å². The summed E-state index contributed by atoms with van der Waals surface area (Å²) in [4.78, 5) is 12.1. The maximum atomic E-state index is 11.3. The van der Waals surface area contributed by atoms with Gasteiger partial charge in [-0.3, -0.25) is 0 Å². The molecule has 0 atom stereocenters. The van der Waals surface area contributed by atoms with Crippen LogP contribution in [-0.4, -0.2) is 22.8 Å². The molecule has 0 unspecified atom stereocenters. The van der Waals surface area contributed by atoms with Crippen molar-refractivity contribution in [3.63, 3.8) is 0 Å². The topological polar surface area (TPSA) is 65.2 Å². The van der Waals surface area contributed by atoms with Gasteiger partial charge in [-0.2, -0.15) is 0 Å². The van der Waals surface area contributed by atoms with Crippen molar-refractivity contribution in [2.24, 2.45) is 0 Å². The predicted molar refractivity (Wildman–Crippen MR) is 61.3 cm³/mol. The standard InChI is InChI=1S/C9H7BrN2O3S/c1-2-14-9(13)8-12-11-7(15-8)5-3-4-6(10)16-5/h3-4H,2H2,1H3. The highest BCUT2D eigenvalue weighted by molar-refractivity contribution is 9.11. The molecule has 0 bridgehead atoms. The highest BCUT2D eigenvalue weighted by atomic mass is 79.9. The van der Waals surface area contributed by atoms with Crippen LogP contribution in [0.5, 0.6) is 0 Å². The molecule has 0 fully saturated rings. The van der Waals surface area contributed by atoms with E-state index < -0.39 is 5.97 Å². The van der Waals surface area contributed by atoms with Crippen molar-refractivity contribution in [3.8, 4) is 10.8 Å². The van der Waals surface area contributed by atoms with Gasteiger partial charge < -0.3 is 9.15 Å². The summed E-state index contributed by atoms with van der Waals surface area (Å²) in [5.41, 5.74) is 0. The van der Waals surface area contributed by atoms with Gasteiger partial charge in [-0.1, -0.05) is 0 Å². The quantitative estimate of drug-likeness (QED) is 0.816. The number of carbonyl (C=O) groups excluding carboxylic acids is 1. The summed E-state index contributed by atoms with van der Waals surface area (Å²) in [5, 5.41) is 7.40. The molecule has 0 aliphatic rings. The Morgan fingerprint density at radius 1 is 1.56 bits per heavy atom. The number of nitrogens with zero attached hydrogens (tertiary/aromatic N) is 2. The summed E-state index contributed by atoms with van der Waals surface area (Å²) in [6, 6.07) is 3.70. The lowest BCUT2D eigenvalue weighted by atomic mass is 10.5. The van der Waals surface area contributed by atoms with Crippen LogP contribution in [0.2, 0.25) is 0 Å². The zero-order valence-corrected chi connectivity index (χ0v) is 10.7. The molecule has 5 nitrogen and oxygen atoms in total. The largest absolute Gasteiger partial charge is 0.459 e.